The summed E-state index contributed by atoms with van der Waals surface area (Å²) >= 11 is 0. The van der Waals surface area contributed by atoms with Crippen LogP contribution in [0.2, 0.25) is 0 Å². The summed E-state index contributed by atoms with van der Waals surface area (Å²) in [5.74, 6) is -0.883. The highest BCUT2D eigenvalue weighted by Gasteiger charge is 2.31. The molecular weight excluding hydrogens is 436 g/mol. The Morgan fingerprint density at radius 3 is 2.62 bits per heavy atom. The van der Waals surface area contributed by atoms with E-state index < -0.39 is 11.5 Å². The van der Waals surface area contributed by atoms with Crippen LogP contribution in [0.1, 0.15) is 45.2 Å². The number of aryl methyl sites for hydroxylation is 1. The third-order valence-electron chi connectivity index (χ3n) is 6.27. The van der Waals surface area contributed by atoms with Crippen molar-refractivity contribution in [2.45, 2.75) is 45.1 Å². The van der Waals surface area contributed by atoms with Crippen LogP contribution in [-0.2, 0) is 21.4 Å². The molecule has 0 radical (unpaired) electrons. The standard InChI is InChI=1S/C24H34N6O4/c1-24(2,3)34-23(33)25-9-10-29-11-13-30(14-12-29)16-5-6-17-19(15-16)28(4)27-21(17)18-7-8-20(31)26-22(18)32/h5-6,15,18H,7-14H2,1-4H3,(H,25,33)(H,26,31,32). The van der Waals surface area contributed by atoms with Gasteiger partial charge in [-0.15, -0.1) is 0 Å². The van der Waals surface area contributed by atoms with Crippen LogP contribution >= 0.6 is 0 Å². The second kappa shape index (κ2) is 9.61. The summed E-state index contributed by atoms with van der Waals surface area (Å²) in [7, 11) is 1.89. The number of alkyl carbamates (subject to hydrolysis) is 1. The molecule has 2 N–H and O–H groups in total. The molecule has 0 bridgehead atoms. The van der Waals surface area contributed by atoms with Crippen LogP contribution in [0.25, 0.3) is 10.9 Å². The maximum atomic E-state index is 12.4. The van der Waals surface area contributed by atoms with Crippen LogP contribution in [0.3, 0.4) is 0 Å². The zero-order valence-corrected chi connectivity index (χ0v) is 20.4. The maximum Gasteiger partial charge on any atom is 0.407 e. The Kier molecular flexibility index (Phi) is 6.79. The van der Waals surface area contributed by atoms with E-state index in [0.29, 0.717) is 19.4 Å². The predicted molar refractivity (Wildman–Crippen MR) is 129 cm³/mol. The van der Waals surface area contributed by atoms with E-state index >= 15 is 0 Å². The fourth-order valence-corrected chi connectivity index (χ4v) is 4.54. The number of carbonyl (C=O) groups is 3. The molecule has 2 saturated heterocycles. The molecule has 3 amide bonds. The molecule has 2 aliphatic rings. The number of aromatic nitrogens is 2. The van der Waals surface area contributed by atoms with E-state index in [9.17, 15) is 14.4 Å². The summed E-state index contributed by atoms with van der Waals surface area (Å²) in [5, 5.41) is 10.8. The van der Waals surface area contributed by atoms with Crippen LogP contribution in [0, 0.1) is 0 Å². The molecule has 10 heteroatoms. The zero-order chi connectivity index (χ0) is 24.5. The topological polar surface area (TPSA) is 109 Å². The molecule has 0 saturated carbocycles. The number of rotatable bonds is 5. The molecule has 2 aliphatic heterocycles. The zero-order valence-electron chi connectivity index (χ0n) is 20.4. The summed E-state index contributed by atoms with van der Waals surface area (Å²) in [6.07, 6.45) is 0.445. The van der Waals surface area contributed by atoms with Gasteiger partial charge in [-0.05, 0) is 45.4 Å². The number of benzene rings is 1. The van der Waals surface area contributed by atoms with Crippen LogP contribution in [0.4, 0.5) is 10.5 Å². The Hall–Kier alpha value is -3.14. The van der Waals surface area contributed by atoms with Gasteiger partial charge in [0.1, 0.15) is 5.60 Å². The van der Waals surface area contributed by atoms with E-state index in [1.807, 2.05) is 38.6 Å². The fraction of sp³-hybridized carbons (Fsp3) is 0.583. The average Bonchev–Trinajstić information content (AvgIpc) is 3.09. The Morgan fingerprint density at radius 2 is 1.94 bits per heavy atom. The quantitative estimate of drug-likeness (QED) is 0.641. The third kappa shape index (κ3) is 5.49. The van der Waals surface area contributed by atoms with Gasteiger partial charge in [0.25, 0.3) is 0 Å². The Bertz CT molecular complexity index is 1080. The van der Waals surface area contributed by atoms with E-state index in [1.54, 1.807) is 0 Å². The molecule has 2 fully saturated rings. The van der Waals surface area contributed by atoms with E-state index in [0.717, 1.165) is 55.0 Å². The lowest BCUT2D eigenvalue weighted by molar-refractivity contribution is -0.134. The summed E-state index contributed by atoms with van der Waals surface area (Å²) in [6, 6.07) is 6.24. The number of imide groups is 1. The molecular formula is C24H34N6O4. The van der Waals surface area contributed by atoms with E-state index in [4.69, 9.17) is 4.74 Å². The van der Waals surface area contributed by atoms with Crippen LogP contribution < -0.4 is 15.5 Å². The number of ether oxygens (including phenoxy) is 1. The molecule has 0 aliphatic carbocycles. The lowest BCUT2D eigenvalue weighted by atomic mass is 9.93. The lowest BCUT2D eigenvalue weighted by Crippen LogP contribution is -2.48. The number of nitrogens with one attached hydrogen (secondary N) is 2. The molecule has 34 heavy (non-hydrogen) atoms. The number of amides is 3. The number of hydrogen-bond donors (Lipinski definition) is 2. The summed E-state index contributed by atoms with van der Waals surface area (Å²) in [6.45, 7) is 10.5. The maximum absolute atomic E-state index is 12.4. The molecule has 2 aromatic rings. The first kappa shape index (κ1) is 24.0. The summed E-state index contributed by atoms with van der Waals surface area (Å²) in [4.78, 5) is 40.3. The van der Waals surface area contributed by atoms with Gasteiger partial charge in [0.05, 0.1) is 17.1 Å². The Morgan fingerprint density at radius 1 is 1.21 bits per heavy atom. The monoisotopic (exact) mass is 470 g/mol. The molecule has 184 valence electrons. The SMILES string of the molecule is Cn1nc(C2CCC(=O)NC2=O)c2ccc(N3CCN(CCNC(=O)OC(C)(C)C)CC3)cc21. The molecule has 1 atom stereocenters. The van der Waals surface area contributed by atoms with E-state index in [2.05, 4.69) is 37.7 Å². The lowest BCUT2D eigenvalue weighted by Gasteiger charge is -2.36. The first-order valence-electron chi connectivity index (χ1n) is 11.9. The van der Waals surface area contributed by atoms with E-state index in [1.165, 1.54) is 0 Å². The predicted octanol–water partition coefficient (Wildman–Crippen LogP) is 1.74. The van der Waals surface area contributed by atoms with Crippen LogP contribution in [-0.4, -0.2) is 77.5 Å². The molecule has 0 spiro atoms. The van der Waals surface area contributed by atoms with Gasteiger partial charge in [-0.25, -0.2) is 4.79 Å². The van der Waals surface area contributed by atoms with Crippen molar-refractivity contribution in [3.05, 3.63) is 23.9 Å². The van der Waals surface area contributed by atoms with Gasteiger partial charge in [-0.3, -0.25) is 24.5 Å². The number of anilines is 1. The van der Waals surface area contributed by atoms with Gasteiger partial charge in [0.2, 0.25) is 11.8 Å². The number of piperidine rings is 1. The second-order valence-corrected chi connectivity index (χ2v) is 9.97. The van der Waals surface area contributed by atoms with Crippen molar-refractivity contribution in [1.82, 2.24) is 25.3 Å². The molecule has 1 unspecified atom stereocenters. The molecule has 3 heterocycles. The third-order valence-corrected chi connectivity index (χ3v) is 6.27. The minimum atomic E-state index is -0.493. The van der Waals surface area contributed by atoms with Crippen LogP contribution in [0.15, 0.2) is 18.2 Å². The highest BCUT2D eigenvalue weighted by atomic mass is 16.6. The number of piperazine rings is 1. The number of hydrogen-bond acceptors (Lipinski definition) is 7. The van der Waals surface area contributed by atoms with Crippen molar-refractivity contribution in [3.8, 4) is 0 Å². The van der Waals surface area contributed by atoms with Gasteiger partial charge in [-0.2, -0.15) is 5.10 Å². The first-order valence-corrected chi connectivity index (χ1v) is 11.9. The van der Waals surface area contributed by atoms with Crippen molar-refractivity contribution in [2.75, 3.05) is 44.2 Å². The average molecular weight is 471 g/mol. The highest BCUT2D eigenvalue weighted by molar-refractivity contribution is 6.02. The smallest absolute Gasteiger partial charge is 0.407 e. The fourth-order valence-electron chi connectivity index (χ4n) is 4.54. The van der Waals surface area contributed by atoms with Crippen molar-refractivity contribution < 1.29 is 19.1 Å². The molecule has 1 aromatic heterocycles. The summed E-state index contributed by atoms with van der Waals surface area (Å²) < 4.78 is 7.09. The largest absolute Gasteiger partial charge is 0.444 e. The van der Waals surface area contributed by atoms with Gasteiger partial charge >= 0.3 is 6.09 Å². The minimum Gasteiger partial charge on any atom is -0.444 e. The van der Waals surface area contributed by atoms with Gasteiger partial charge in [0.15, 0.2) is 0 Å². The summed E-state index contributed by atoms with van der Waals surface area (Å²) in [5.41, 5.74) is 2.34. The van der Waals surface area contributed by atoms with E-state index in [-0.39, 0.29) is 17.9 Å². The van der Waals surface area contributed by atoms with Crippen molar-refractivity contribution >= 4 is 34.5 Å². The minimum absolute atomic E-state index is 0.219. The number of carbonyl (C=O) groups excluding carboxylic acids is 3. The first-order chi connectivity index (χ1) is 16.1. The number of nitrogens with zero attached hydrogens (tertiary/aromatic N) is 4. The van der Waals surface area contributed by atoms with Crippen molar-refractivity contribution in [2.24, 2.45) is 7.05 Å². The molecule has 1 aromatic carbocycles. The van der Waals surface area contributed by atoms with Gasteiger partial charge in [0, 0.05) is 63.8 Å². The number of fused-ring (bicyclic) bond motifs is 1. The highest BCUT2D eigenvalue weighted by Crippen LogP contribution is 2.32. The normalized spacial score (nSPS) is 19.9. The molecule has 10 nitrogen and oxygen atoms in total. The van der Waals surface area contributed by atoms with Crippen molar-refractivity contribution in [1.29, 1.82) is 0 Å². The van der Waals surface area contributed by atoms with Gasteiger partial charge in [-0.1, -0.05) is 0 Å². The Balaban J connectivity index is 1.34. The van der Waals surface area contributed by atoms with Crippen molar-refractivity contribution in [3.63, 3.8) is 0 Å². The van der Waals surface area contributed by atoms with Gasteiger partial charge < -0.3 is 15.0 Å². The van der Waals surface area contributed by atoms with Crippen LogP contribution in [0.5, 0.6) is 0 Å². The second-order valence-electron chi connectivity index (χ2n) is 9.97. The molecule has 4 rings (SSSR count). The Labute approximate surface area is 199 Å².